The number of ether oxygens (including phenoxy) is 3. The maximum atomic E-state index is 12.4. The summed E-state index contributed by atoms with van der Waals surface area (Å²) in [6.45, 7) is 6.22. The van der Waals surface area contributed by atoms with Crippen LogP contribution in [-0.4, -0.2) is 50.3 Å². The van der Waals surface area contributed by atoms with Gasteiger partial charge in [-0.3, -0.25) is 0 Å². The van der Waals surface area contributed by atoms with Gasteiger partial charge in [-0.25, -0.2) is 9.59 Å². The fourth-order valence-electron chi connectivity index (χ4n) is 2.88. The van der Waals surface area contributed by atoms with E-state index in [-0.39, 0.29) is 6.04 Å². The lowest BCUT2D eigenvalue weighted by molar-refractivity contribution is 0.0498. The molecule has 2 rings (SSSR count). The van der Waals surface area contributed by atoms with E-state index in [1.807, 2.05) is 51.9 Å². The SMILES string of the molecule is COc1cc(C(CCN(C)C)NC(=O)OC(C)(C)C)ccc1OC(=O)c1ccccc1. The monoisotopic (exact) mass is 428 g/mol. The fourth-order valence-corrected chi connectivity index (χ4v) is 2.88. The average Bonchev–Trinajstić information content (AvgIpc) is 2.70. The number of hydrogen-bond donors (Lipinski definition) is 1. The molecule has 0 aliphatic rings. The van der Waals surface area contributed by atoms with Gasteiger partial charge in [-0.05, 0) is 77.7 Å². The Kier molecular flexibility index (Phi) is 8.45. The molecule has 168 valence electrons. The molecule has 0 bridgehead atoms. The highest BCUT2D eigenvalue weighted by Gasteiger charge is 2.22. The summed E-state index contributed by atoms with van der Waals surface area (Å²) in [6.07, 6.45) is 0.174. The molecule has 1 unspecified atom stereocenters. The molecule has 1 amide bonds. The van der Waals surface area contributed by atoms with Gasteiger partial charge in [0.1, 0.15) is 5.60 Å². The number of hydrogen-bond acceptors (Lipinski definition) is 6. The number of amides is 1. The second-order valence-electron chi connectivity index (χ2n) is 8.46. The van der Waals surface area contributed by atoms with Gasteiger partial charge in [0.05, 0.1) is 18.7 Å². The van der Waals surface area contributed by atoms with Gasteiger partial charge in [0.25, 0.3) is 0 Å². The van der Waals surface area contributed by atoms with Crippen LogP contribution in [0.15, 0.2) is 48.5 Å². The molecular formula is C24H32N2O5. The van der Waals surface area contributed by atoms with Crippen molar-refractivity contribution in [3.63, 3.8) is 0 Å². The molecule has 0 saturated heterocycles. The molecule has 0 aliphatic carbocycles. The molecule has 2 aromatic carbocycles. The van der Waals surface area contributed by atoms with Crippen molar-refractivity contribution < 1.29 is 23.8 Å². The van der Waals surface area contributed by atoms with Crippen LogP contribution in [0.5, 0.6) is 11.5 Å². The third-order valence-corrected chi connectivity index (χ3v) is 4.36. The van der Waals surface area contributed by atoms with E-state index in [2.05, 4.69) is 5.32 Å². The largest absolute Gasteiger partial charge is 0.493 e. The van der Waals surface area contributed by atoms with E-state index in [1.165, 1.54) is 7.11 Å². The van der Waals surface area contributed by atoms with Gasteiger partial charge in [0.2, 0.25) is 0 Å². The Morgan fingerprint density at radius 3 is 2.29 bits per heavy atom. The van der Waals surface area contributed by atoms with Crippen LogP contribution in [0.25, 0.3) is 0 Å². The molecule has 0 radical (unpaired) electrons. The molecule has 31 heavy (non-hydrogen) atoms. The van der Waals surface area contributed by atoms with Crippen LogP contribution in [0.4, 0.5) is 4.79 Å². The summed E-state index contributed by atoms with van der Waals surface area (Å²) in [4.78, 5) is 26.8. The molecule has 1 atom stereocenters. The molecule has 2 aromatic rings. The number of benzene rings is 2. The van der Waals surface area contributed by atoms with Gasteiger partial charge in [-0.1, -0.05) is 24.3 Å². The highest BCUT2D eigenvalue weighted by Crippen LogP contribution is 2.32. The predicted molar refractivity (Wildman–Crippen MR) is 120 cm³/mol. The Balaban J connectivity index is 2.23. The van der Waals surface area contributed by atoms with E-state index in [0.29, 0.717) is 23.5 Å². The second-order valence-corrected chi connectivity index (χ2v) is 8.46. The Morgan fingerprint density at radius 1 is 1.03 bits per heavy atom. The lowest BCUT2D eigenvalue weighted by Crippen LogP contribution is -2.36. The normalized spacial score (nSPS) is 12.2. The highest BCUT2D eigenvalue weighted by molar-refractivity contribution is 5.91. The minimum absolute atomic E-state index is 0.301. The molecule has 7 heteroatoms. The molecule has 1 N–H and O–H groups in total. The lowest BCUT2D eigenvalue weighted by atomic mass is 10.0. The van der Waals surface area contributed by atoms with E-state index in [9.17, 15) is 9.59 Å². The predicted octanol–water partition coefficient (Wildman–Crippen LogP) is 4.43. The Bertz CT molecular complexity index is 875. The number of alkyl carbamates (subject to hydrolysis) is 1. The van der Waals surface area contributed by atoms with Crippen LogP contribution >= 0.6 is 0 Å². The summed E-state index contributed by atoms with van der Waals surface area (Å²) in [5.74, 6) is 0.244. The topological polar surface area (TPSA) is 77.1 Å². The number of carbonyl (C=O) groups is 2. The van der Waals surface area contributed by atoms with Gasteiger partial charge in [-0.2, -0.15) is 0 Å². The number of nitrogens with zero attached hydrogens (tertiary/aromatic N) is 1. The first-order chi connectivity index (χ1) is 14.6. The third kappa shape index (κ3) is 7.94. The number of rotatable bonds is 8. The van der Waals surface area contributed by atoms with Gasteiger partial charge in [0, 0.05) is 0 Å². The van der Waals surface area contributed by atoms with Gasteiger partial charge < -0.3 is 24.4 Å². The molecule has 0 heterocycles. The molecule has 7 nitrogen and oxygen atoms in total. The Hall–Kier alpha value is -3.06. The molecule has 0 saturated carbocycles. The van der Waals surface area contributed by atoms with Crippen molar-refractivity contribution in [3.05, 3.63) is 59.7 Å². The molecule has 0 fully saturated rings. The smallest absolute Gasteiger partial charge is 0.408 e. The molecule has 0 aliphatic heterocycles. The van der Waals surface area contributed by atoms with Crippen LogP contribution in [0.3, 0.4) is 0 Å². The lowest BCUT2D eigenvalue weighted by Gasteiger charge is -2.25. The Morgan fingerprint density at radius 2 is 1.71 bits per heavy atom. The van der Waals surface area contributed by atoms with Gasteiger partial charge in [-0.15, -0.1) is 0 Å². The first-order valence-corrected chi connectivity index (χ1v) is 10.2. The summed E-state index contributed by atoms with van der Waals surface area (Å²) < 4.78 is 16.4. The van der Waals surface area contributed by atoms with Crippen LogP contribution in [0.1, 0.15) is 49.2 Å². The van der Waals surface area contributed by atoms with E-state index in [0.717, 1.165) is 12.1 Å². The fraction of sp³-hybridized carbons (Fsp3) is 0.417. The zero-order valence-corrected chi connectivity index (χ0v) is 19.1. The van der Waals surface area contributed by atoms with Crippen molar-refractivity contribution in [2.75, 3.05) is 27.7 Å². The summed E-state index contributed by atoms with van der Waals surface area (Å²) in [5, 5.41) is 2.93. The van der Waals surface area contributed by atoms with Crippen molar-refractivity contribution >= 4 is 12.1 Å². The second kappa shape index (κ2) is 10.8. The average molecular weight is 429 g/mol. The van der Waals surface area contributed by atoms with Crippen molar-refractivity contribution in [3.8, 4) is 11.5 Å². The van der Waals surface area contributed by atoms with Gasteiger partial charge in [0.15, 0.2) is 11.5 Å². The summed E-state index contributed by atoms with van der Waals surface area (Å²) in [5.41, 5.74) is 0.678. The molecule has 0 aromatic heterocycles. The van der Waals surface area contributed by atoms with Crippen molar-refractivity contribution in [2.45, 2.75) is 38.8 Å². The zero-order valence-electron chi connectivity index (χ0n) is 19.1. The number of methoxy groups -OCH3 is 1. The Labute approximate surface area is 184 Å². The van der Waals surface area contributed by atoms with Gasteiger partial charge >= 0.3 is 12.1 Å². The number of nitrogens with one attached hydrogen (secondary N) is 1. The summed E-state index contributed by atoms with van der Waals surface area (Å²) in [6, 6.07) is 13.7. The van der Waals surface area contributed by atoms with Crippen LogP contribution < -0.4 is 14.8 Å². The molecular weight excluding hydrogens is 396 g/mol. The minimum atomic E-state index is -0.594. The minimum Gasteiger partial charge on any atom is -0.493 e. The molecule has 0 spiro atoms. The maximum absolute atomic E-state index is 12.4. The van der Waals surface area contributed by atoms with Crippen LogP contribution in [0, 0.1) is 0 Å². The maximum Gasteiger partial charge on any atom is 0.408 e. The highest BCUT2D eigenvalue weighted by atomic mass is 16.6. The first kappa shape index (κ1) is 24.2. The van der Waals surface area contributed by atoms with Crippen molar-refractivity contribution in [2.24, 2.45) is 0 Å². The van der Waals surface area contributed by atoms with E-state index < -0.39 is 17.7 Å². The third-order valence-electron chi connectivity index (χ3n) is 4.36. The quantitative estimate of drug-likeness (QED) is 0.495. The summed E-state index contributed by atoms with van der Waals surface area (Å²) in [7, 11) is 5.45. The van der Waals surface area contributed by atoms with Crippen LogP contribution in [0.2, 0.25) is 0 Å². The van der Waals surface area contributed by atoms with E-state index >= 15 is 0 Å². The zero-order chi connectivity index (χ0) is 23.0. The van der Waals surface area contributed by atoms with E-state index in [1.54, 1.807) is 36.4 Å². The van der Waals surface area contributed by atoms with Crippen molar-refractivity contribution in [1.29, 1.82) is 0 Å². The van der Waals surface area contributed by atoms with Crippen molar-refractivity contribution in [1.82, 2.24) is 10.2 Å². The number of carbonyl (C=O) groups excluding carboxylic acids is 2. The van der Waals surface area contributed by atoms with Crippen LogP contribution in [-0.2, 0) is 4.74 Å². The van der Waals surface area contributed by atoms with E-state index in [4.69, 9.17) is 14.2 Å². The number of esters is 1. The standard InChI is InChI=1S/C24H32N2O5/c1-24(2,3)31-23(28)25-19(14-15-26(4)5)18-12-13-20(21(16-18)29-6)30-22(27)17-10-8-7-9-11-17/h7-13,16,19H,14-15H2,1-6H3,(H,25,28). The first-order valence-electron chi connectivity index (χ1n) is 10.2. The summed E-state index contributed by atoms with van der Waals surface area (Å²) >= 11 is 0.